The number of ether oxygens (including phenoxy) is 1. The van der Waals surface area contributed by atoms with Gasteiger partial charge in [0.2, 0.25) is 0 Å². The predicted octanol–water partition coefficient (Wildman–Crippen LogP) is 3.89. The maximum Gasteiger partial charge on any atom is 0.283 e. The van der Waals surface area contributed by atoms with Gasteiger partial charge < -0.3 is 20.5 Å². The van der Waals surface area contributed by atoms with Gasteiger partial charge in [-0.25, -0.2) is 13.8 Å². The molecule has 0 spiro atoms. The van der Waals surface area contributed by atoms with Gasteiger partial charge in [0.15, 0.2) is 0 Å². The summed E-state index contributed by atoms with van der Waals surface area (Å²) >= 11 is 0. The minimum atomic E-state index is -1.91. The molecule has 178 valence electrons. The Kier molecular flexibility index (Phi) is 5.87. The highest BCUT2D eigenvalue weighted by atomic mass is 19.1. The number of para-hydroxylation sites is 1. The normalized spacial score (nSPS) is 17.2. The molecule has 0 fully saturated rings. The molecule has 3 heterocycles. The van der Waals surface area contributed by atoms with E-state index in [0.717, 1.165) is 17.8 Å². The van der Waals surface area contributed by atoms with Crippen molar-refractivity contribution < 1.29 is 18.6 Å². The molecule has 1 aliphatic heterocycles. The molecule has 4 aromatic rings. The Morgan fingerprint density at radius 1 is 1.11 bits per heavy atom. The van der Waals surface area contributed by atoms with Crippen molar-refractivity contribution >= 4 is 22.8 Å². The lowest BCUT2D eigenvalue weighted by Crippen LogP contribution is -2.44. The van der Waals surface area contributed by atoms with Gasteiger partial charge in [0.05, 0.1) is 18.7 Å². The minimum absolute atomic E-state index is 0.119. The fraction of sp³-hybridized carbons (Fsp3) is 0.160. The third kappa shape index (κ3) is 4.43. The number of aromatic nitrogens is 3. The number of allylic oxidation sites excluding steroid dienone is 1. The van der Waals surface area contributed by atoms with Crippen LogP contribution in [0.25, 0.3) is 10.9 Å². The summed E-state index contributed by atoms with van der Waals surface area (Å²) in [5.41, 5.74) is 1.37. The van der Waals surface area contributed by atoms with Gasteiger partial charge in [-0.1, -0.05) is 18.2 Å². The van der Waals surface area contributed by atoms with Crippen molar-refractivity contribution in [2.75, 3.05) is 11.9 Å². The molecule has 1 unspecified atom stereocenters. The van der Waals surface area contributed by atoms with Crippen LogP contribution in [0.2, 0.25) is 0 Å². The van der Waals surface area contributed by atoms with E-state index in [2.05, 4.69) is 25.7 Å². The number of nitrogens with one attached hydrogen (secondary N) is 2. The Morgan fingerprint density at radius 3 is 2.60 bits per heavy atom. The molecule has 35 heavy (non-hydrogen) atoms. The number of halogens is 2. The second-order valence-electron chi connectivity index (χ2n) is 7.84. The van der Waals surface area contributed by atoms with Crippen LogP contribution in [0.15, 0.2) is 77.8 Å². The van der Waals surface area contributed by atoms with Crippen LogP contribution >= 0.6 is 0 Å². The molecule has 0 saturated heterocycles. The lowest BCUT2D eigenvalue weighted by molar-refractivity contribution is 0.0161. The molecule has 3 N–H and O–H groups in total. The highest BCUT2D eigenvalue weighted by molar-refractivity contribution is 5.84. The van der Waals surface area contributed by atoms with Gasteiger partial charge in [0.1, 0.15) is 28.9 Å². The number of pyridine rings is 1. The molecule has 10 heteroatoms. The average molecular weight is 476 g/mol. The van der Waals surface area contributed by atoms with Crippen LogP contribution in [0.4, 0.5) is 14.5 Å². The van der Waals surface area contributed by atoms with Crippen LogP contribution in [0.1, 0.15) is 18.2 Å². The topological polar surface area (TPSA) is 96.6 Å². The highest BCUT2D eigenvalue weighted by Crippen LogP contribution is 2.31. The summed E-state index contributed by atoms with van der Waals surface area (Å²) < 4.78 is 36.2. The number of rotatable bonds is 7. The van der Waals surface area contributed by atoms with E-state index in [1.165, 1.54) is 10.9 Å². The number of hydrogen-bond acceptors (Lipinski definition) is 7. The van der Waals surface area contributed by atoms with Crippen molar-refractivity contribution in [3.63, 3.8) is 0 Å². The summed E-state index contributed by atoms with van der Waals surface area (Å²) in [6, 6.07) is 13.0. The summed E-state index contributed by atoms with van der Waals surface area (Å²) in [6.45, 7) is 1.84. The van der Waals surface area contributed by atoms with Gasteiger partial charge in [-0.3, -0.25) is 9.67 Å². The highest BCUT2D eigenvalue weighted by Gasteiger charge is 2.36. The molecule has 0 amide bonds. The first-order valence-electron chi connectivity index (χ1n) is 11.0. The van der Waals surface area contributed by atoms with Crippen LogP contribution < -0.4 is 15.4 Å². The second kappa shape index (κ2) is 9.15. The van der Waals surface area contributed by atoms with Gasteiger partial charge in [0, 0.05) is 47.4 Å². The molecule has 0 saturated carbocycles. The average Bonchev–Trinajstić information content (AvgIpc) is 3.22. The van der Waals surface area contributed by atoms with Crippen molar-refractivity contribution in [3.05, 3.63) is 95.7 Å². The van der Waals surface area contributed by atoms with Crippen LogP contribution in [-0.2, 0) is 12.4 Å². The molecule has 1 atom stereocenters. The maximum atomic E-state index is 14.7. The van der Waals surface area contributed by atoms with E-state index >= 15 is 0 Å². The van der Waals surface area contributed by atoms with E-state index in [4.69, 9.17) is 4.74 Å². The van der Waals surface area contributed by atoms with Crippen molar-refractivity contribution in [1.29, 1.82) is 0 Å². The summed E-state index contributed by atoms with van der Waals surface area (Å²) in [5.74, 6) is -2.79. The van der Waals surface area contributed by atoms with Crippen molar-refractivity contribution in [1.82, 2.24) is 20.1 Å². The monoisotopic (exact) mass is 476 g/mol. The van der Waals surface area contributed by atoms with Gasteiger partial charge in [-0.05, 0) is 31.2 Å². The van der Waals surface area contributed by atoms with E-state index in [0.29, 0.717) is 23.3 Å². The lowest BCUT2D eigenvalue weighted by atomic mass is 10.1. The Hall–Kier alpha value is -4.31. The first-order valence-corrected chi connectivity index (χ1v) is 11.0. The predicted molar refractivity (Wildman–Crippen MR) is 128 cm³/mol. The zero-order chi connectivity index (χ0) is 24.4. The maximum absolute atomic E-state index is 14.7. The van der Waals surface area contributed by atoms with Crippen molar-refractivity contribution in [2.45, 2.75) is 19.3 Å². The van der Waals surface area contributed by atoms with E-state index in [9.17, 15) is 13.9 Å². The summed E-state index contributed by atoms with van der Waals surface area (Å²) in [4.78, 5) is 8.19. The molecule has 2 aromatic heterocycles. The van der Waals surface area contributed by atoms with E-state index < -0.39 is 17.5 Å². The number of anilines is 1. The molecule has 5 rings (SSSR count). The summed E-state index contributed by atoms with van der Waals surface area (Å²) in [6.07, 6.45) is 6.40. The van der Waals surface area contributed by atoms with E-state index in [1.807, 2.05) is 0 Å². The third-order valence-electron chi connectivity index (χ3n) is 5.49. The molecule has 2 aromatic carbocycles. The zero-order valence-electron chi connectivity index (χ0n) is 18.7. The Morgan fingerprint density at radius 2 is 1.86 bits per heavy atom. The summed E-state index contributed by atoms with van der Waals surface area (Å²) in [7, 11) is 0. The standard InChI is InChI=1S/C25H22F2N6O2/c1-2-35-17-13-20(26)19(21(27)14-17)15-33-22-6-4-3-5-18(22)24(32-33)25(34)29-12-9-23(31-25)30-16-7-10-28-11-8-16/h3-14,31,34H,2,15H2,1H3,(H,28,30). The van der Waals surface area contributed by atoms with E-state index in [-0.39, 0.29) is 23.6 Å². The van der Waals surface area contributed by atoms with Crippen LogP contribution in [0, 0.1) is 11.6 Å². The van der Waals surface area contributed by atoms with Crippen LogP contribution in [-0.4, -0.2) is 32.7 Å². The molecule has 0 aliphatic carbocycles. The Bertz CT molecular complexity index is 1410. The smallest absolute Gasteiger partial charge is 0.283 e. The SMILES string of the molecule is CCOc1cc(F)c(Cn2nc(C3(O)N=CC=C(Nc4ccncc4)N3)c3ccccc32)c(F)c1. The molecule has 8 nitrogen and oxygen atoms in total. The van der Waals surface area contributed by atoms with Crippen molar-refractivity contribution in [2.24, 2.45) is 4.99 Å². The number of aliphatic imine (C=N–C) groups is 1. The number of nitrogens with zero attached hydrogens (tertiary/aromatic N) is 4. The fourth-order valence-electron chi connectivity index (χ4n) is 3.90. The summed E-state index contributed by atoms with van der Waals surface area (Å²) in [5, 5.41) is 22.6. The first kappa shape index (κ1) is 22.5. The number of hydrogen-bond donors (Lipinski definition) is 3. The Balaban J connectivity index is 1.49. The van der Waals surface area contributed by atoms with E-state index in [1.54, 1.807) is 61.8 Å². The number of fused-ring (bicyclic) bond motifs is 1. The first-order chi connectivity index (χ1) is 17.0. The van der Waals surface area contributed by atoms with Gasteiger partial charge in [-0.15, -0.1) is 0 Å². The van der Waals surface area contributed by atoms with Crippen LogP contribution in [0.3, 0.4) is 0 Å². The molecular weight excluding hydrogens is 454 g/mol. The molecule has 0 radical (unpaired) electrons. The molecular formula is C25H22F2N6O2. The van der Waals surface area contributed by atoms with Gasteiger partial charge in [-0.2, -0.15) is 5.10 Å². The number of aliphatic hydroxyl groups is 1. The lowest BCUT2D eigenvalue weighted by Gasteiger charge is -2.28. The number of benzene rings is 2. The van der Waals surface area contributed by atoms with Crippen molar-refractivity contribution in [3.8, 4) is 5.75 Å². The zero-order valence-corrected chi connectivity index (χ0v) is 18.7. The quantitative estimate of drug-likeness (QED) is 0.375. The minimum Gasteiger partial charge on any atom is -0.494 e. The van der Waals surface area contributed by atoms with Gasteiger partial charge >= 0.3 is 0 Å². The van der Waals surface area contributed by atoms with Crippen LogP contribution in [0.5, 0.6) is 5.75 Å². The fourth-order valence-corrected chi connectivity index (χ4v) is 3.90. The molecule has 1 aliphatic rings. The third-order valence-corrected chi connectivity index (χ3v) is 5.49. The largest absolute Gasteiger partial charge is 0.494 e. The second-order valence-corrected chi connectivity index (χ2v) is 7.84. The molecule has 0 bridgehead atoms. The Labute approximate surface area is 199 Å². The van der Waals surface area contributed by atoms with Gasteiger partial charge in [0.25, 0.3) is 5.85 Å².